The summed E-state index contributed by atoms with van der Waals surface area (Å²) in [5, 5.41) is 3.61. The summed E-state index contributed by atoms with van der Waals surface area (Å²) >= 11 is 0. The highest BCUT2D eigenvalue weighted by molar-refractivity contribution is 4.97. The van der Waals surface area contributed by atoms with Crippen LogP contribution in [-0.4, -0.2) is 36.6 Å². The van der Waals surface area contributed by atoms with Gasteiger partial charge in [0, 0.05) is 24.7 Å². The van der Waals surface area contributed by atoms with Gasteiger partial charge >= 0.3 is 0 Å². The molecule has 3 unspecified atom stereocenters. The first-order chi connectivity index (χ1) is 9.15. The first-order valence-electron chi connectivity index (χ1n) is 8.58. The van der Waals surface area contributed by atoms with Crippen molar-refractivity contribution in [1.82, 2.24) is 10.2 Å². The van der Waals surface area contributed by atoms with Crippen LogP contribution in [0.2, 0.25) is 0 Å². The minimum absolute atomic E-state index is 0.729. The van der Waals surface area contributed by atoms with E-state index in [4.69, 9.17) is 0 Å². The van der Waals surface area contributed by atoms with E-state index >= 15 is 0 Å². The zero-order chi connectivity index (χ0) is 13.8. The van der Waals surface area contributed by atoms with Crippen molar-refractivity contribution in [3.63, 3.8) is 0 Å². The van der Waals surface area contributed by atoms with Crippen molar-refractivity contribution in [3.8, 4) is 0 Å². The van der Waals surface area contributed by atoms with Crippen LogP contribution in [0, 0.1) is 11.8 Å². The molecule has 2 saturated carbocycles. The van der Waals surface area contributed by atoms with E-state index in [9.17, 15) is 0 Å². The summed E-state index contributed by atoms with van der Waals surface area (Å²) in [5.74, 6) is 1.78. The second-order valence-corrected chi connectivity index (χ2v) is 7.25. The third-order valence-electron chi connectivity index (χ3n) is 5.01. The van der Waals surface area contributed by atoms with Gasteiger partial charge in [0.2, 0.25) is 0 Å². The summed E-state index contributed by atoms with van der Waals surface area (Å²) in [7, 11) is 2.16. The first-order valence-corrected chi connectivity index (χ1v) is 8.58. The molecule has 0 spiro atoms. The zero-order valence-corrected chi connectivity index (χ0v) is 13.5. The summed E-state index contributed by atoms with van der Waals surface area (Å²) < 4.78 is 0. The molecular formula is C17H34N2. The van der Waals surface area contributed by atoms with Gasteiger partial charge in [-0.25, -0.2) is 0 Å². The molecule has 112 valence electrons. The molecule has 0 aromatic carbocycles. The third-order valence-corrected chi connectivity index (χ3v) is 5.01. The summed E-state index contributed by atoms with van der Waals surface area (Å²) in [6.07, 6.45) is 9.93. The fraction of sp³-hybridized carbons (Fsp3) is 1.00. The fourth-order valence-corrected chi connectivity index (χ4v) is 3.99. The molecule has 2 rings (SSSR count). The Morgan fingerprint density at radius 2 is 1.89 bits per heavy atom. The number of nitrogens with one attached hydrogen (secondary N) is 1. The maximum atomic E-state index is 3.61. The zero-order valence-electron chi connectivity index (χ0n) is 13.5. The van der Waals surface area contributed by atoms with Crippen LogP contribution in [-0.2, 0) is 0 Å². The quantitative estimate of drug-likeness (QED) is 0.756. The molecule has 19 heavy (non-hydrogen) atoms. The number of hydrogen-bond donors (Lipinski definition) is 1. The lowest BCUT2D eigenvalue weighted by atomic mass is 9.79. The molecule has 0 heterocycles. The van der Waals surface area contributed by atoms with E-state index in [0.717, 1.165) is 30.0 Å². The lowest BCUT2D eigenvalue weighted by Crippen LogP contribution is -2.54. The molecule has 1 N–H and O–H groups in total. The molecular weight excluding hydrogens is 232 g/mol. The van der Waals surface area contributed by atoms with E-state index in [1.165, 1.54) is 51.5 Å². The molecule has 0 aromatic rings. The minimum atomic E-state index is 0.729. The molecule has 2 heteroatoms. The van der Waals surface area contributed by atoms with Gasteiger partial charge in [-0.1, -0.05) is 33.6 Å². The molecule has 0 aliphatic heterocycles. The van der Waals surface area contributed by atoms with E-state index in [1.54, 1.807) is 0 Å². The van der Waals surface area contributed by atoms with E-state index in [0.29, 0.717) is 0 Å². The highest BCUT2D eigenvalue weighted by atomic mass is 15.2. The van der Waals surface area contributed by atoms with Crippen molar-refractivity contribution in [1.29, 1.82) is 0 Å². The van der Waals surface area contributed by atoms with Crippen LogP contribution in [0.15, 0.2) is 0 Å². The molecule has 0 saturated heterocycles. The summed E-state index contributed by atoms with van der Waals surface area (Å²) in [6, 6.07) is 2.43. The Morgan fingerprint density at radius 1 is 1.16 bits per heavy atom. The highest BCUT2D eigenvalue weighted by Gasteiger charge is 2.40. The molecule has 0 bridgehead atoms. The van der Waals surface area contributed by atoms with E-state index in [-0.39, 0.29) is 0 Å². The Labute approximate surface area is 120 Å². The van der Waals surface area contributed by atoms with Gasteiger partial charge in [0.15, 0.2) is 0 Å². The number of nitrogens with zero attached hydrogens (tertiary/aromatic N) is 1. The first kappa shape index (κ1) is 15.3. The Balaban J connectivity index is 2.01. The van der Waals surface area contributed by atoms with Crippen molar-refractivity contribution in [2.75, 3.05) is 13.6 Å². The van der Waals surface area contributed by atoms with Crippen molar-refractivity contribution >= 4 is 0 Å². The van der Waals surface area contributed by atoms with Crippen LogP contribution in [0.5, 0.6) is 0 Å². The van der Waals surface area contributed by atoms with Crippen molar-refractivity contribution in [3.05, 3.63) is 0 Å². The lowest BCUT2D eigenvalue weighted by Gasteiger charge is -2.44. The Morgan fingerprint density at radius 3 is 2.42 bits per heavy atom. The molecule has 0 aromatic heterocycles. The van der Waals surface area contributed by atoms with Gasteiger partial charge in [0.05, 0.1) is 0 Å². The van der Waals surface area contributed by atoms with Crippen molar-refractivity contribution in [2.24, 2.45) is 11.8 Å². The number of hydrogen-bond acceptors (Lipinski definition) is 2. The minimum Gasteiger partial charge on any atom is -0.315 e. The molecule has 2 aliphatic rings. The normalized spacial score (nSPS) is 32.2. The molecule has 2 aliphatic carbocycles. The third kappa shape index (κ3) is 4.19. The second-order valence-electron chi connectivity index (χ2n) is 7.25. The smallest absolute Gasteiger partial charge is 0.0254 e. The molecule has 3 atom stereocenters. The molecule has 0 radical (unpaired) electrons. The Bertz CT molecular complexity index is 260. The lowest BCUT2D eigenvalue weighted by molar-refractivity contribution is 0.0796. The van der Waals surface area contributed by atoms with Crippen molar-refractivity contribution in [2.45, 2.75) is 83.8 Å². The molecule has 2 fully saturated rings. The fourth-order valence-electron chi connectivity index (χ4n) is 3.99. The van der Waals surface area contributed by atoms with Crippen LogP contribution in [0.3, 0.4) is 0 Å². The van der Waals surface area contributed by atoms with Crippen LogP contribution in [0.1, 0.15) is 65.7 Å². The standard InChI is InChI=1S/C17H34N2/c1-5-6-14-7-10-16(18-4)17(11-14)19(12-13(2)3)15-8-9-15/h13-18H,5-12H2,1-4H3. The Kier molecular flexibility index (Phi) is 5.70. The predicted molar refractivity (Wildman–Crippen MR) is 83.5 cm³/mol. The topological polar surface area (TPSA) is 15.3 Å². The van der Waals surface area contributed by atoms with Crippen LogP contribution in [0.25, 0.3) is 0 Å². The predicted octanol–water partition coefficient (Wildman–Crippen LogP) is 3.66. The number of rotatable bonds is 7. The highest BCUT2D eigenvalue weighted by Crippen LogP contribution is 2.37. The van der Waals surface area contributed by atoms with Gasteiger partial charge in [0.1, 0.15) is 0 Å². The van der Waals surface area contributed by atoms with E-state index < -0.39 is 0 Å². The van der Waals surface area contributed by atoms with E-state index in [1.807, 2.05) is 0 Å². The SMILES string of the molecule is CCCC1CCC(NC)C(N(CC(C)C)C2CC2)C1. The average Bonchev–Trinajstić information content (AvgIpc) is 3.20. The molecule has 2 nitrogen and oxygen atoms in total. The van der Waals surface area contributed by atoms with Gasteiger partial charge in [-0.05, 0) is 51.0 Å². The molecule has 0 amide bonds. The largest absolute Gasteiger partial charge is 0.315 e. The maximum Gasteiger partial charge on any atom is 0.0254 e. The second kappa shape index (κ2) is 7.08. The number of likely N-dealkylation sites (N-methyl/N-ethyl adjacent to an activating group) is 1. The van der Waals surface area contributed by atoms with Gasteiger partial charge in [-0.15, -0.1) is 0 Å². The van der Waals surface area contributed by atoms with Gasteiger partial charge in [-0.2, -0.15) is 0 Å². The monoisotopic (exact) mass is 266 g/mol. The van der Waals surface area contributed by atoms with Gasteiger partial charge in [-0.3, -0.25) is 4.90 Å². The Hall–Kier alpha value is -0.0800. The summed E-state index contributed by atoms with van der Waals surface area (Å²) in [6.45, 7) is 8.38. The summed E-state index contributed by atoms with van der Waals surface area (Å²) in [4.78, 5) is 2.87. The average molecular weight is 266 g/mol. The maximum absolute atomic E-state index is 3.61. The van der Waals surface area contributed by atoms with Gasteiger partial charge in [0.25, 0.3) is 0 Å². The van der Waals surface area contributed by atoms with E-state index in [2.05, 4.69) is 38.0 Å². The van der Waals surface area contributed by atoms with Gasteiger partial charge < -0.3 is 5.32 Å². The van der Waals surface area contributed by atoms with Crippen molar-refractivity contribution < 1.29 is 0 Å². The van der Waals surface area contributed by atoms with Crippen LogP contribution in [0.4, 0.5) is 0 Å². The summed E-state index contributed by atoms with van der Waals surface area (Å²) in [5.41, 5.74) is 0. The van der Waals surface area contributed by atoms with Crippen LogP contribution >= 0.6 is 0 Å². The van der Waals surface area contributed by atoms with Crippen LogP contribution < -0.4 is 5.32 Å².